The number of carboxylic acid groups (broad SMARTS) is 1. The molecule has 0 saturated carbocycles. The summed E-state index contributed by atoms with van der Waals surface area (Å²) in [6, 6.07) is 1.59. The Morgan fingerprint density at radius 2 is 1.57 bits per heavy atom. The maximum absolute atomic E-state index is 13.2. The van der Waals surface area contributed by atoms with Crippen LogP contribution in [0.4, 0.5) is 13.2 Å². The Kier molecular flexibility index (Phi) is 3.93. The van der Waals surface area contributed by atoms with E-state index in [9.17, 15) is 18.0 Å². The Hall–Kier alpha value is -2.44. The molecular weight excluding hydrogens is 285 g/mol. The Morgan fingerprint density at radius 1 is 1.10 bits per heavy atom. The molecule has 0 aliphatic carbocycles. The van der Waals surface area contributed by atoms with Gasteiger partial charge in [0.15, 0.2) is 23.3 Å². The van der Waals surface area contributed by atoms with E-state index >= 15 is 0 Å². The zero-order valence-corrected chi connectivity index (χ0v) is 11.2. The number of halogens is 3. The van der Waals surface area contributed by atoms with Gasteiger partial charge < -0.3 is 5.11 Å². The number of aryl methyl sites for hydroxylation is 2. The highest BCUT2D eigenvalue weighted by molar-refractivity contribution is 5.71. The van der Waals surface area contributed by atoms with Crippen LogP contribution in [0.1, 0.15) is 17.0 Å². The summed E-state index contributed by atoms with van der Waals surface area (Å²) >= 11 is 0. The standard InChI is InChI=1S/C14H11F3N2O2/c1-6-9(5-12(20)21)7(2)19-14(18-6)8-3-10(15)13(17)11(16)4-8/h3-4H,5H2,1-2H3,(H,20,21). The highest BCUT2D eigenvalue weighted by atomic mass is 19.2. The first-order chi connectivity index (χ1) is 9.79. The summed E-state index contributed by atoms with van der Waals surface area (Å²) in [4.78, 5) is 18.8. The van der Waals surface area contributed by atoms with E-state index in [1.165, 1.54) is 0 Å². The molecule has 2 aromatic rings. The summed E-state index contributed by atoms with van der Waals surface area (Å²) in [5.74, 6) is -5.25. The second-order valence-electron chi connectivity index (χ2n) is 4.52. The molecule has 1 aromatic heterocycles. The molecule has 1 aromatic carbocycles. The zero-order valence-electron chi connectivity index (χ0n) is 11.2. The number of nitrogens with zero attached hydrogens (tertiary/aromatic N) is 2. The lowest BCUT2D eigenvalue weighted by atomic mass is 10.1. The summed E-state index contributed by atoms with van der Waals surface area (Å²) in [5, 5.41) is 8.81. The predicted octanol–water partition coefficient (Wildman–Crippen LogP) is 2.80. The molecule has 0 radical (unpaired) electrons. The molecule has 0 amide bonds. The van der Waals surface area contributed by atoms with Crippen molar-refractivity contribution in [1.29, 1.82) is 0 Å². The highest BCUT2D eigenvalue weighted by Gasteiger charge is 2.16. The molecule has 0 spiro atoms. The number of aromatic nitrogens is 2. The minimum absolute atomic E-state index is 0.0111. The average molecular weight is 296 g/mol. The van der Waals surface area contributed by atoms with Crippen molar-refractivity contribution in [3.05, 3.63) is 46.5 Å². The minimum Gasteiger partial charge on any atom is -0.481 e. The fourth-order valence-electron chi connectivity index (χ4n) is 1.96. The van der Waals surface area contributed by atoms with E-state index in [0.717, 1.165) is 12.1 Å². The third-order valence-corrected chi connectivity index (χ3v) is 2.99. The Bertz CT molecular complexity index is 686. The summed E-state index contributed by atoms with van der Waals surface area (Å²) < 4.78 is 39.4. The Morgan fingerprint density at radius 3 is 2.00 bits per heavy atom. The molecular formula is C14H11F3N2O2. The van der Waals surface area contributed by atoms with Crippen LogP contribution in [-0.4, -0.2) is 21.0 Å². The van der Waals surface area contributed by atoms with Crippen molar-refractivity contribution in [2.24, 2.45) is 0 Å². The van der Waals surface area contributed by atoms with E-state index in [4.69, 9.17) is 5.11 Å². The van der Waals surface area contributed by atoms with E-state index in [2.05, 4.69) is 9.97 Å². The first-order valence-corrected chi connectivity index (χ1v) is 6.00. The van der Waals surface area contributed by atoms with E-state index in [1.807, 2.05) is 0 Å². The predicted molar refractivity (Wildman–Crippen MR) is 68.2 cm³/mol. The lowest BCUT2D eigenvalue weighted by molar-refractivity contribution is -0.136. The largest absolute Gasteiger partial charge is 0.481 e. The molecule has 1 N–H and O–H groups in total. The van der Waals surface area contributed by atoms with Crippen LogP contribution in [-0.2, 0) is 11.2 Å². The summed E-state index contributed by atoms with van der Waals surface area (Å²) in [6.07, 6.45) is -0.246. The first-order valence-electron chi connectivity index (χ1n) is 6.00. The third-order valence-electron chi connectivity index (χ3n) is 2.99. The smallest absolute Gasteiger partial charge is 0.307 e. The van der Waals surface area contributed by atoms with Gasteiger partial charge in [-0.25, -0.2) is 23.1 Å². The second-order valence-corrected chi connectivity index (χ2v) is 4.52. The number of benzene rings is 1. The normalized spacial score (nSPS) is 10.7. The van der Waals surface area contributed by atoms with Gasteiger partial charge in [0.05, 0.1) is 6.42 Å². The van der Waals surface area contributed by atoms with E-state index in [0.29, 0.717) is 17.0 Å². The van der Waals surface area contributed by atoms with Crippen LogP contribution >= 0.6 is 0 Å². The summed E-state index contributed by atoms with van der Waals surface area (Å²) in [5.41, 5.74) is 1.21. The van der Waals surface area contributed by atoms with Crippen molar-refractivity contribution in [2.45, 2.75) is 20.3 Å². The van der Waals surface area contributed by atoms with Crippen LogP contribution in [0.2, 0.25) is 0 Å². The maximum Gasteiger partial charge on any atom is 0.307 e. The van der Waals surface area contributed by atoms with Crippen molar-refractivity contribution in [2.75, 3.05) is 0 Å². The lowest BCUT2D eigenvalue weighted by Gasteiger charge is -2.09. The molecule has 0 unspecified atom stereocenters. The number of rotatable bonds is 3. The number of hydrogen-bond acceptors (Lipinski definition) is 3. The molecule has 0 aliphatic rings. The third kappa shape index (κ3) is 3.01. The van der Waals surface area contributed by atoms with Crippen molar-refractivity contribution < 1.29 is 23.1 Å². The molecule has 1 heterocycles. The van der Waals surface area contributed by atoms with Crippen LogP contribution in [0.3, 0.4) is 0 Å². The van der Waals surface area contributed by atoms with Gasteiger partial charge in [-0.1, -0.05) is 0 Å². The molecule has 0 fully saturated rings. The Balaban J connectivity index is 2.54. The van der Waals surface area contributed by atoms with Crippen molar-refractivity contribution in [3.8, 4) is 11.4 Å². The summed E-state index contributed by atoms with van der Waals surface area (Å²) in [6.45, 7) is 3.15. The van der Waals surface area contributed by atoms with Crippen LogP contribution in [0.5, 0.6) is 0 Å². The van der Waals surface area contributed by atoms with Gasteiger partial charge in [-0.2, -0.15) is 0 Å². The van der Waals surface area contributed by atoms with E-state index in [-0.39, 0.29) is 17.8 Å². The number of carbonyl (C=O) groups is 1. The lowest BCUT2D eigenvalue weighted by Crippen LogP contribution is -2.08. The Labute approximate surface area is 118 Å². The van der Waals surface area contributed by atoms with Crippen LogP contribution < -0.4 is 0 Å². The van der Waals surface area contributed by atoms with Gasteiger partial charge in [0.1, 0.15) is 0 Å². The van der Waals surface area contributed by atoms with Gasteiger partial charge in [-0.3, -0.25) is 4.79 Å². The molecule has 110 valence electrons. The topological polar surface area (TPSA) is 63.1 Å². The van der Waals surface area contributed by atoms with Crippen molar-refractivity contribution in [3.63, 3.8) is 0 Å². The van der Waals surface area contributed by atoms with E-state index < -0.39 is 23.4 Å². The molecule has 0 atom stereocenters. The molecule has 2 rings (SSSR count). The maximum atomic E-state index is 13.2. The molecule has 0 aliphatic heterocycles. The van der Waals surface area contributed by atoms with Gasteiger partial charge in [0.25, 0.3) is 0 Å². The molecule has 7 heteroatoms. The quantitative estimate of drug-likeness (QED) is 0.885. The van der Waals surface area contributed by atoms with Crippen LogP contribution in [0.15, 0.2) is 12.1 Å². The monoisotopic (exact) mass is 296 g/mol. The van der Waals surface area contributed by atoms with Gasteiger partial charge >= 0.3 is 5.97 Å². The van der Waals surface area contributed by atoms with Gasteiger partial charge in [0, 0.05) is 22.5 Å². The van der Waals surface area contributed by atoms with E-state index in [1.54, 1.807) is 13.8 Å². The number of carboxylic acids is 1. The second kappa shape index (κ2) is 5.51. The highest BCUT2D eigenvalue weighted by Crippen LogP contribution is 2.23. The van der Waals surface area contributed by atoms with Gasteiger partial charge in [0.2, 0.25) is 0 Å². The van der Waals surface area contributed by atoms with Crippen molar-refractivity contribution >= 4 is 5.97 Å². The molecule has 0 saturated heterocycles. The SMILES string of the molecule is Cc1nc(-c2cc(F)c(F)c(F)c2)nc(C)c1CC(=O)O. The van der Waals surface area contributed by atoms with Crippen LogP contribution in [0, 0.1) is 31.3 Å². The fraction of sp³-hybridized carbons (Fsp3) is 0.214. The van der Waals surface area contributed by atoms with Crippen molar-refractivity contribution in [1.82, 2.24) is 9.97 Å². The molecule has 0 bridgehead atoms. The summed E-state index contributed by atoms with van der Waals surface area (Å²) in [7, 11) is 0. The zero-order chi connectivity index (χ0) is 15.7. The molecule has 21 heavy (non-hydrogen) atoms. The minimum atomic E-state index is -1.56. The van der Waals surface area contributed by atoms with Gasteiger partial charge in [-0.05, 0) is 26.0 Å². The van der Waals surface area contributed by atoms with Crippen LogP contribution in [0.25, 0.3) is 11.4 Å². The van der Waals surface area contributed by atoms with Gasteiger partial charge in [-0.15, -0.1) is 0 Å². The fourth-order valence-corrected chi connectivity index (χ4v) is 1.96. The molecule has 4 nitrogen and oxygen atoms in total. The average Bonchev–Trinajstić information content (AvgIpc) is 2.39. The first kappa shape index (κ1) is 15.0. The number of aliphatic carboxylic acids is 1. The number of hydrogen-bond donors (Lipinski definition) is 1.